The molecule has 3 rings (SSSR count). The van der Waals surface area contributed by atoms with Crippen LogP contribution in [-0.2, 0) is 21.4 Å². The first-order valence-electron chi connectivity index (χ1n) is 11.0. The molecule has 1 N–H and O–H groups in total. The Kier molecular flexibility index (Phi) is 8.51. The number of hydrogen-bond acceptors (Lipinski definition) is 5. The van der Waals surface area contributed by atoms with Crippen LogP contribution in [0.15, 0.2) is 52.4 Å². The molecule has 1 heterocycles. The van der Waals surface area contributed by atoms with Crippen molar-refractivity contribution in [3.05, 3.63) is 64.2 Å². The largest absolute Gasteiger partial charge is 0.368 e. The number of sulfonamides is 1. The number of aliphatic imine (C=N–C) groups is 1. The van der Waals surface area contributed by atoms with Gasteiger partial charge in [0.05, 0.1) is 11.6 Å². The van der Waals surface area contributed by atoms with Gasteiger partial charge in [0.2, 0.25) is 15.9 Å². The molecule has 0 aromatic heterocycles. The molecule has 178 valence electrons. The van der Waals surface area contributed by atoms with Crippen LogP contribution in [0.5, 0.6) is 0 Å². The number of unbranched alkanes of at least 4 members (excludes halogenated alkanes) is 1. The van der Waals surface area contributed by atoms with Crippen LogP contribution in [0.3, 0.4) is 0 Å². The Bertz CT molecular complexity index is 1120. The number of carbonyl (C=O) groups excluding carboxylic acids is 1. The molecule has 7 nitrogen and oxygen atoms in total. The van der Waals surface area contributed by atoms with Crippen molar-refractivity contribution in [2.45, 2.75) is 37.6 Å². The van der Waals surface area contributed by atoms with Crippen LogP contribution >= 0.6 is 11.6 Å². The number of hydrogen-bond donors (Lipinski definition) is 1. The van der Waals surface area contributed by atoms with E-state index in [1.807, 2.05) is 24.3 Å². The van der Waals surface area contributed by atoms with E-state index < -0.39 is 10.0 Å². The lowest BCUT2D eigenvalue weighted by molar-refractivity contribution is -0.130. The third-order valence-corrected chi connectivity index (χ3v) is 8.22. The molecule has 0 fully saturated rings. The molecular formula is C24H31ClN4O3S. The number of benzene rings is 2. The second kappa shape index (κ2) is 11.1. The first kappa shape index (κ1) is 25.2. The first-order chi connectivity index (χ1) is 15.7. The van der Waals surface area contributed by atoms with E-state index in [4.69, 9.17) is 11.6 Å². The van der Waals surface area contributed by atoms with Crippen molar-refractivity contribution >= 4 is 33.4 Å². The highest BCUT2D eigenvalue weighted by Gasteiger charge is 2.24. The molecule has 0 unspecified atom stereocenters. The van der Waals surface area contributed by atoms with Gasteiger partial charge >= 0.3 is 0 Å². The minimum atomic E-state index is -3.67. The molecule has 1 aliphatic rings. The van der Waals surface area contributed by atoms with Crippen LogP contribution in [-0.4, -0.2) is 63.1 Å². The first-order valence-corrected chi connectivity index (χ1v) is 12.8. The van der Waals surface area contributed by atoms with Crippen molar-refractivity contribution in [2.75, 3.05) is 33.7 Å². The number of aryl methyl sites for hydroxylation is 1. The minimum absolute atomic E-state index is 0.0353. The fraction of sp³-hybridized carbons (Fsp3) is 0.417. The van der Waals surface area contributed by atoms with Gasteiger partial charge in [0.25, 0.3) is 0 Å². The quantitative estimate of drug-likeness (QED) is 0.517. The van der Waals surface area contributed by atoms with Gasteiger partial charge in [-0.1, -0.05) is 48.0 Å². The molecule has 0 saturated heterocycles. The zero-order valence-electron chi connectivity index (χ0n) is 19.3. The SMILES string of the molecule is Cc1cccc(S(=O)(=O)N(C)CCCCC(=O)N(C)Cc2ccc(C3=NCCN3)cc2)c1Cl. The Hall–Kier alpha value is -2.42. The van der Waals surface area contributed by atoms with E-state index in [1.54, 1.807) is 31.0 Å². The number of carbonyl (C=O) groups is 1. The summed E-state index contributed by atoms with van der Waals surface area (Å²) in [6, 6.07) is 13.0. The van der Waals surface area contributed by atoms with Gasteiger partial charge in [-0.15, -0.1) is 0 Å². The average Bonchev–Trinajstić information content (AvgIpc) is 3.33. The smallest absolute Gasteiger partial charge is 0.244 e. The van der Waals surface area contributed by atoms with Crippen LogP contribution in [0, 0.1) is 6.92 Å². The van der Waals surface area contributed by atoms with Gasteiger partial charge in [-0.05, 0) is 37.0 Å². The molecule has 1 amide bonds. The van der Waals surface area contributed by atoms with E-state index in [0.29, 0.717) is 32.4 Å². The van der Waals surface area contributed by atoms with Crippen molar-refractivity contribution in [3.63, 3.8) is 0 Å². The van der Waals surface area contributed by atoms with Crippen molar-refractivity contribution < 1.29 is 13.2 Å². The van der Waals surface area contributed by atoms with Gasteiger partial charge in [-0.2, -0.15) is 0 Å². The monoisotopic (exact) mass is 490 g/mol. The highest BCUT2D eigenvalue weighted by atomic mass is 35.5. The lowest BCUT2D eigenvalue weighted by Gasteiger charge is -2.20. The highest BCUT2D eigenvalue weighted by molar-refractivity contribution is 7.89. The average molecular weight is 491 g/mol. The van der Waals surface area contributed by atoms with Gasteiger partial charge in [0.1, 0.15) is 10.7 Å². The molecule has 1 aliphatic heterocycles. The van der Waals surface area contributed by atoms with Gasteiger partial charge < -0.3 is 10.2 Å². The van der Waals surface area contributed by atoms with Gasteiger partial charge in [-0.3, -0.25) is 9.79 Å². The number of amides is 1. The van der Waals surface area contributed by atoms with E-state index in [2.05, 4.69) is 10.3 Å². The van der Waals surface area contributed by atoms with E-state index in [9.17, 15) is 13.2 Å². The highest BCUT2D eigenvalue weighted by Crippen LogP contribution is 2.27. The third kappa shape index (κ3) is 6.34. The fourth-order valence-electron chi connectivity index (χ4n) is 3.63. The lowest BCUT2D eigenvalue weighted by Crippen LogP contribution is -2.29. The summed E-state index contributed by atoms with van der Waals surface area (Å²) in [6.45, 7) is 4.30. The maximum absolute atomic E-state index is 12.8. The molecule has 0 aliphatic carbocycles. The van der Waals surface area contributed by atoms with Crippen molar-refractivity contribution in [1.82, 2.24) is 14.5 Å². The second-order valence-corrected chi connectivity index (χ2v) is 10.7. The van der Waals surface area contributed by atoms with Crippen molar-refractivity contribution in [3.8, 4) is 0 Å². The van der Waals surface area contributed by atoms with E-state index in [-0.39, 0.29) is 15.8 Å². The summed E-state index contributed by atoms with van der Waals surface area (Å²) in [5.41, 5.74) is 2.82. The van der Waals surface area contributed by atoms with Crippen LogP contribution < -0.4 is 5.32 Å². The number of nitrogens with one attached hydrogen (secondary N) is 1. The van der Waals surface area contributed by atoms with Crippen molar-refractivity contribution in [1.29, 1.82) is 0 Å². The van der Waals surface area contributed by atoms with E-state index in [1.165, 1.54) is 17.4 Å². The maximum Gasteiger partial charge on any atom is 0.244 e. The number of rotatable bonds is 10. The van der Waals surface area contributed by atoms with Gasteiger partial charge in [-0.25, -0.2) is 12.7 Å². The summed E-state index contributed by atoms with van der Waals surface area (Å²) < 4.78 is 26.9. The molecule has 0 bridgehead atoms. The van der Waals surface area contributed by atoms with Gasteiger partial charge in [0.15, 0.2) is 0 Å². The summed E-state index contributed by atoms with van der Waals surface area (Å²) in [5, 5.41) is 3.50. The Labute approximate surface area is 201 Å². The van der Waals surface area contributed by atoms with Crippen LogP contribution in [0.1, 0.15) is 36.0 Å². The summed E-state index contributed by atoms with van der Waals surface area (Å²) >= 11 is 6.20. The number of amidine groups is 1. The lowest BCUT2D eigenvalue weighted by atomic mass is 10.1. The molecule has 0 saturated carbocycles. The van der Waals surface area contributed by atoms with E-state index in [0.717, 1.165) is 35.6 Å². The second-order valence-electron chi connectivity index (χ2n) is 8.27. The standard InChI is InChI=1S/C24H31ClN4O3S/c1-18-7-6-8-21(23(18)25)33(31,32)29(3)16-5-4-9-22(30)28(2)17-19-10-12-20(13-11-19)24-26-14-15-27-24/h6-8,10-13H,4-5,9,14-17H2,1-3H3,(H,26,27). The van der Waals surface area contributed by atoms with Crippen molar-refractivity contribution in [2.24, 2.45) is 4.99 Å². The Morgan fingerprint density at radius 2 is 1.85 bits per heavy atom. The normalized spacial score (nSPS) is 13.7. The maximum atomic E-state index is 12.8. The van der Waals surface area contributed by atoms with E-state index >= 15 is 0 Å². The molecule has 2 aromatic carbocycles. The predicted octanol–water partition coefficient (Wildman–Crippen LogP) is 3.45. The Morgan fingerprint density at radius 1 is 1.12 bits per heavy atom. The van der Waals surface area contributed by atoms with Crippen LogP contribution in [0.25, 0.3) is 0 Å². The Balaban J connectivity index is 1.44. The zero-order valence-corrected chi connectivity index (χ0v) is 20.9. The molecular weight excluding hydrogens is 460 g/mol. The molecule has 0 atom stereocenters. The van der Waals surface area contributed by atoms with Crippen LogP contribution in [0.2, 0.25) is 5.02 Å². The minimum Gasteiger partial charge on any atom is -0.368 e. The summed E-state index contributed by atoms with van der Waals surface area (Å²) in [5.74, 6) is 0.954. The molecule has 0 spiro atoms. The van der Waals surface area contributed by atoms with Gasteiger partial charge in [0, 0.05) is 45.7 Å². The molecule has 2 aromatic rings. The van der Waals surface area contributed by atoms with Crippen LogP contribution in [0.4, 0.5) is 0 Å². The fourth-order valence-corrected chi connectivity index (χ4v) is 5.39. The Morgan fingerprint density at radius 3 is 2.52 bits per heavy atom. The summed E-state index contributed by atoms with van der Waals surface area (Å²) in [4.78, 5) is 18.7. The predicted molar refractivity (Wildman–Crippen MR) is 132 cm³/mol. The zero-order chi connectivity index (χ0) is 24.0. The third-order valence-electron chi connectivity index (χ3n) is 5.71. The summed E-state index contributed by atoms with van der Waals surface area (Å²) in [6.07, 6.45) is 1.56. The number of nitrogens with zero attached hydrogens (tertiary/aromatic N) is 3. The summed E-state index contributed by atoms with van der Waals surface area (Å²) in [7, 11) is -0.340. The topological polar surface area (TPSA) is 82.1 Å². The molecule has 33 heavy (non-hydrogen) atoms. The number of halogens is 1. The molecule has 0 radical (unpaired) electrons. The molecule has 9 heteroatoms.